The second-order valence-electron chi connectivity index (χ2n) is 5.45. The van der Waals surface area contributed by atoms with E-state index in [0.29, 0.717) is 23.1 Å². The monoisotopic (exact) mass is 302 g/mol. The van der Waals surface area contributed by atoms with Gasteiger partial charge in [-0.1, -0.05) is 13.8 Å². The van der Waals surface area contributed by atoms with Gasteiger partial charge in [0.15, 0.2) is 11.6 Å². The SMILES string of the molecule is CO[C@@H](C)c1cc(Oc2cnc(C)nc2N)c(C(C)C)cn1. The van der Waals surface area contributed by atoms with Crippen molar-refractivity contribution in [2.45, 2.75) is 39.7 Å². The Hall–Kier alpha value is -2.21. The van der Waals surface area contributed by atoms with E-state index in [9.17, 15) is 0 Å². The van der Waals surface area contributed by atoms with Crippen LogP contribution in [0.4, 0.5) is 5.82 Å². The molecular weight excluding hydrogens is 280 g/mol. The van der Waals surface area contributed by atoms with Crippen molar-refractivity contribution in [3.8, 4) is 11.5 Å². The molecule has 6 nitrogen and oxygen atoms in total. The molecule has 6 heteroatoms. The summed E-state index contributed by atoms with van der Waals surface area (Å²) in [5, 5.41) is 0. The van der Waals surface area contributed by atoms with Crippen LogP contribution in [0.3, 0.4) is 0 Å². The van der Waals surface area contributed by atoms with Crippen LogP contribution in [0.1, 0.15) is 49.9 Å². The maximum Gasteiger partial charge on any atom is 0.187 e. The van der Waals surface area contributed by atoms with Crippen LogP contribution in [0.2, 0.25) is 0 Å². The molecule has 22 heavy (non-hydrogen) atoms. The lowest BCUT2D eigenvalue weighted by Crippen LogP contribution is -2.04. The van der Waals surface area contributed by atoms with Crippen molar-refractivity contribution < 1.29 is 9.47 Å². The minimum atomic E-state index is -0.116. The minimum Gasteiger partial charge on any atom is -0.451 e. The summed E-state index contributed by atoms with van der Waals surface area (Å²) in [6.45, 7) is 7.88. The number of ether oxygens (including phenoxy) is 2. The number of rotatable bonds is 5. The van der Waals surface area contributed by atoms with Gasteiger partial charge in [-0.2, -0.15) is 0 Å². The molecule has 0 saturated carbocycles. The molecule has 2 aromatic heterocycles. The van der Waals surface area contributed by atoms with Crippen LogP contribution in [0.15, 0.2) is 18.5 Å². The number of anilines is 1. The van der Waals surface area contributed by atoms with Crippen LogP contribution in [0, 0.1) is 6.92 Å². The van der Waals surface area contributed by atoms with Crippen molar-refractivity contribution in [1.29, 1.82) is 0 Å². The molecule has 2 aromatic rings. The number of hydrogen-bond donors (Lipinski definition) is 1. The smallest absolute Gasteiger partial charge is 0.187 e. The van der Waals surface area contributed by atoms with Crippen LogP contribution in [0.25, 0.3) is 0 Å². The fourth-order valence-electron chi connectivity index (χ4n) is 2.00. The summed E-state index contributed by atoms with van der Waals surface area (Å²) < 4.78 is 11.3. The Bertz CT molecular complexity index is 659. The van der Waals surface area contributed by atoms with E-state index in [1.54, 1.807) is 20.2 Å². The molecule has 0 spiro atoms. The summed E-state index contributed by atoms with van der Waals surface area (Å²) in [6.07, 6.45) is 3.28. The van der Waals surface area contributed by atoms with Gasteiger partial charge in [-0.05, 0) is 19.8 Å². The largest absolute Gasteiger partial charge is 0.451 e. The van der Waals surface area contributed by atoms with E-state index >= 15 is 0 Å². The first-order valence-corrected chi connectivity index (χ1v) is 7.22. The molecule has 0 aliphatic carbocycles. The highest BCUT2D eigenvalue weighted by molar-refractivity contribution is 5.48. The lowest BCUT2D eigenvalue weighted by Gasteiger charge is -2.17. The van der Waals surface area contributed by atoms with E-state index in [0.717, 1.165) is 11.3 Å². The zero-order valence-corrected chi connectivity index (χ0v) is 13.6. The third-order valence-electron chi connectivity index (χ3n) is 3.43. The van der Waals surface area contributed by atoms with E-state index in [1.165, 1.54) is 0 Å². The lowest BCUT2D eigenvalue weighted by molar-refractivity contribution is 0.115. The first kappa shape index (κ1) is 16.2. The first-order valence-electron chi connectivity index (χ1n) is 7.22. The molecule has 2 rings (SSSR count). The average Bonchev–Trinajstić information content (AvgIpc) is 2.49. The van der Waals surface area contributed by atoms with Crippen LogP contribution in [0.5, 0.6) is 11.5 Å². The van der Waals surface area contributed by atoms with Crippen molar-refractivity contribution in [3.63, 3.8) is 0 Å². The van der Waals surface area contributed by atoms with Gasteiger partial charge < -0.3 is 15.2 Å². The Morgan fingerprint density at radius 2 is 1.82 bits per heavy atom. The standard InChI is InChI=1S/C16H22N4O2/c1-9(2)12-7-19-13(10(3)21-5)6-14(12)22-15-8-18-11(4)20-16(15)17/h6-10H,1-5H3,(H2,17,18,20)/t10-/m0/s1. The summed E-state index contributed by atoms with van der Waals surface area (Å²) in [7, 11) is 1.65. The predicted molar refractivity (Wildman–Crippen MR) is 85.0 cm³/mol. The number of aromatic nitrogens is 3. The number of aryl methyl sites for hydroxylation is 1. The molecule has 0 unspecified atom stereocenters. The van der Waals surface area contributed by atoms with Gasteiger partial charge in [0.2, 0.25) is 0 Å². The fraction of sp³-hybridized carbons (Fsp3) is 0.438. The van der Waals surface area contributed by atoms with Gasteiger partial charge in [0.1, 0.15) is 11.6 Å². The second kappa shape index (κ2) is 6.70. The van der Waals surface area contributed by atoms with Gasteiger partial charge in [-0.25, -0.2) is 9.97 Å². The summed E-state index contributed by atoms with van der Waals surface area (Å²) in [6, 6.07) is 1.88. The Kier molecular flexibility index (Phi) is 4.92. The number of nitrogen functional groups attached to an aromatic ring is 1. The Morgan fingerprint density at radius 3 is 2.41 bits per heavy atom. The zero-order chi connectivity index (χ0) is 16.3. The molecule has 0 saturated heterocycles. The molecule has 1 atom stereocenters. The van der Waals surface area contributed by atoms with Crippen LogP contribution in [-0.4, -0.2) is 22.1 Å². The van der Waals surface area contributed by atoms with E-state index < -0.39 is 0 Å². The highest BCUT2D eigenvalue weighted by atomic mass is 16.5. The quantitative estimate of drug-likeness (QED) is 0.911. The molecule has 0 bridgehead atoms. The molecule has 0 fully saturated rings. The molecule has 0 amide bonds. The lowest BCUT2D eigenvalue weighted by atomic mass is 10.0. The number of nitrogens with two attached hydrogens (primary N) is 1. The van der Waals surface area contributed by atoms with Gasteiger partial charge >= 0.3 is 0 Å². The third kappa shape index (κ3) is 3.51. The fourth-order valence-corrected chi connectivity index (χ4v) is 2.00. The molecule has 0 aliphatic heterocycles. The van der Waals surface area contributed by atoms with Crippen LogP contribution >= 0.6 is 0 Å². The zero-order valence-electron chi connectivity index (χ0n) is 13.6. The average molecular weight is 302 g/mol. The van der Waals surface area contributed by atoms with Crippen molar-refractivity contribution in [3.05, 3.63) is 35.5 Å². The maximum absolute atomic E-state index is 5.95. The summed E-state index contributed by atoms with van der Waals surface area (Å²) >= 11 is 0. The Labute approximate surface area is 130 Å². The van der Waals surface area contributed by atoms with E-state index in [2.05, 4.69) is 28.8 Å². The van der Waals surface area contributed by atoms with E-state index in [-0.39, 0.29) is 12.0 Å². The number of pyridine rings is 1. The van der Waals surface area contributed by atoms with Crippen molar-refractivity contribution in [1.82, 2.24) is 15.0 Å². The van der Waals surface area contributed by atoms with Crippen molar-refractivity contribution >= 4 is 5.82 Å². The minimum absolute atomic E-state index is 0.116. The Balaban J connectivity index is 2.42. The molecule has 2 N–H and O–H groups in total. The third-order valence-corrected chi connectivity index (χ3v) is 3.43. The molecule has 0 aromatic carbocycles. The molecule has 2 heterocycles. The highest BCUT2D eigenvalue weighted by Crippen LogP contribution is 2.33. The van der Waals surface area contributed by atoms with Gasteiger partial charge in [0, 0.05) is 24.9 Å². The van der Waals surface area contributed by atoms with Gasteiger partial charge in [-0.15, -0.1) is 0 Å². The van der Waals surface area contributed by atoms with Crippen molar-refractivity contribution in [2.75, 3.05) is 12.8 Å². The molecule has 118 valence electrons. The van der Waals surface area contributed by atoms with Crippen LogP contribution in [-0.2, 0) is 4.74 Å². The number of hydrogen-bond acceptors (Lipinski definition) is 6. The molecular formula is C16H22N4O2. The van der Waals surface area contributed by atoms with Gasteiger partial charge in [-0.3, -0.25) is 4.98 Å². The summed E-state index contributed by atoms with van der Waals surface area (Å²) in [4.78, 5) is 12.7. The normalized spacial score (nSPS) is 12.5. The first-order chi connectivity index (χ1) is 10.4. The Morgan fingerprint density at radius 1 is 1.09 bits per heavy atom. The topological polar surface area (TPSA) is 83.2 Å². The van der Waals surface area contributed by atoms with Gasteiger partial charge in [0.05, 0.1) is 18.0 Å². The van der Waals surface area contributed by atoms with Crippen molar-refractivity contribution in [2.24, 2.45) is 0 Å². The van der Waals surface area contributed by atoms with Crippen LogP contribution < -0.4 is 10.5 Å². The predicted octanol–water partition coefficient (Wildman–Crippen LogP) is 3.39. The van der Waals surface area contributed by atoms with E-state index in [1.807, 2.05) is 19.2 Å². The molecule has 0 aliphatic rings. The summed E-state index contributed by atoms with van der Waals surface area (Å²) in [5.74, 6) is 2.33. The summed E-state index contributed by atoms with van der Waals surface area (Å²) in [5.41, 5.74) is 7.70. The highest BCUT2D eigenvalue weighted by Gasteiger charge is 2.15. The number of nitrogens with zero attached hydrogens (tertiary/aromatic N) is 3. The maximum atomic E-state index is 5.95. The van der Waals surface area contributed by atoms with Gasteiger partial charge in [0.25, 0.3) is 0 Å². The molecule has 0 radical (unpaired) electrons. The van der Waals surface area contributed by atoms with E-state index in [4.69, 9.17) is 15.2 Å². The second-order valence-corrected chi connectivity index (χ2v) is 5.45. The number of methoxy groups -OCH3 is 1.